The van der Waals surface area contributed by atoms with Gasteiger partial charge >= 0.3 is 0 Å². The van der Waals surface area contributed by atoms with Gasteiger partial charge in [-0.1, -0.05) is 26.0 Å². The second kappa shape index (κ2) is 8.91. The van der Waals surface area contributed by atoms with Gasteiger partial charge in [-0.25, -0.2) is 8.42 Å². The minimum absolute atomic E-state index is 0.140. The summed E-state index contributed by atoms with van der Waals surface area (Å²) in [5.41, 5.74) is 2.00. The van der Waals surface area contributed by atoms with E-state index in [1.165, 1.54) is 10.4 Å². The molecule has 0 saturated carbocycles. The molecule has 0 aliphatic rings. The number of pyridine rings is 1. The van der Waals surface area contributed by atoms with Gasteiger partial charge in [0.05, 0.1) is 4.90 Å². The highest BCUT2D eigenvalue weighted by atomic mass is 32.2. The Morgan fingerprint density at radius 2 is 1.88 bits per heavy atom. The van der Waals surface area contributed by atoms with Gasteiger partial charge in [0.15, 0.2) is 0 Å². The third-order valence-electron chi connectivity index (χ3n) is 4.19. The van der Waals surface area contributed by atoms with Gasteiger partial charge < -0.3 is 5.32 Å². The second-order valence-electron chi connectivity index (χ2n) is 5.89. The van der Waals surface area contributed by atoms with E-state index in [2.05, 4.69) is 10.3 Å². The fraction of sp³-hybridized carbons (Fsp3) is 0.368. The maximum Gasteiger partial charge on any atom is 0.251 e. The number of nitrogens with one attached hydrogen (secondary N) is 1. The van der Waals surface area contributed by atoms with Crippen LogP contribution in [0, 0.1) is 6.92 Å². The van der Waals surface area contributed by atoms with Crippen LogP contribution in [0.4, 0.5) is 0 Å². The predicted octanol–water partition coefficient (Wildman–Crippen LogP) is 2.39. The molecule has 1 aromatic heterocycles. The van der Waals surface area contributed by atoms with Crippen LogP contribution >= 0.6 is 0 Å². The first-order chi connectivity index (χ1) is 12.4. The average Bonchev–Trinajstić information content (AvgIpc) is 2.63. The topological polar surface area (TPSA) is 79.4 Å². The monoisotopic (exact) mass is 375 g/mol. The van der Waals surface area contributed by atoms with Crippen molar-refractivity contribution < 1.29 is 13.2 Å². The Hall–Kier alpha value is -2.25. The zero-order valence-corrected chi connectivity index (χ0v) is 16.2. The van der Waals surface area contributed by atoms with Crippen LogP contribution in [0.3, 0.4) is 0 Å². The number of sulfonamides is 1. The summed E-state index contributed by atoms with van der Waals surface area (Å²) in [5, 5.41) is 2.84. The van der Waals surface area contributed by atoms with Crippen LogP contribution in [0.5, 0.6) is 0 Å². The molecule has 0 aliphatic carbocycles. The van der Waals surface area contributed by atoms with Crippen LogP contribution in [0.2, 0.25) is 0 Å². The van der Waals surface area contributed by atoms with Crippen molar-refractivity contribution in [2.75, 3.05) is 19.6 Å². The summed E-state index contributed by atoms with van der Waals surface area (Å²) >= 11 is 0. The van der Waals surface area contributed by atoms with Crippen molar-refractivity contribution >= 4 is 15.9 Å². The molecule has 0 atom stereocenters. The molecule has 0 radical (unpaired) electrons. The van der Waals surface area contributed by atoms with E-state index < -0.39 is 10.0 Å². The van der Waals surface area contributed by atoms with Gasteiger partial charge in [-0.2, -0.15) is 4.31 Å². The third-order valence-corrected chi connectivity index (χ3v) is 6.24. The molecule has 1 amide bonds. The lowest BCUT2D eigenvalue weighted by molar-refractivity contribution is 0.0953. The van der Waals surface area contributed by atoms with E-state index in [1.807, 2.05) is 18.2 Å². The van der Waals surface area contributed by atoms with Crippen LogP contribution in [0.1, 0.15) is 35.5 Å². The third kappa shape index (κ3) is 4.68. The first-order valence-corrected chi connectivity index (χ1v) is 10.1. The molecular formula is C19H25N3O3S. The first kappa shape index (κ1) is 20.1. The largest absolute Gasteiger partial charge is 0.352 e. The van der Waals surface area contributed by atoms with Crippen molar-refractivity contribution in [1.82, 2.24) is 14.6 Å². The van der Waals surface area contributed by atoms with Crippen LogP contribution in [-0.4, -0.2) is 43.2 Å². The second-order valence-corrected chi connectivity index (χ2v) is 7.83. The Kier molecular flexibility index (Phi) is 6.88. The maximum atomic E-state index is 12.7. The fourth-order valence-corrected chi connectivity index (χ4v) is 4.15. The zero-order valence-electron chi connectivity index (χ0n) is 15.4. The zero-order chi connectivity index (χ0) is 19.2. The van der Waals surface area contributed by atoms with Crippen LogP contribution < -0.4 is 5.32 Å². The highest BCUT2D eigenvalue weighted by Crippen LogP contribution is 2.19. The Labute approximate surface area is 155 Å². The number of carbonyl (C=O) groups excluding carboxylic acids is 1. The van der Waals surface area contributed by atoms with Gasteiger partial charge in [0.2, 0.25) is 10.0 Å². The van der Waals surface area contributed by atoms with Crippen molar-refractivity contribution in [3.63, 3.8) is 0 Å². The van der Waals surface area contributed by atoms with E-state index in [0.29, 0.717) is 31.6 Å². The van der Waals surface area contributed by atoms with E-state index in [4.69, 9.17) is 0 Å². The van der Waals surface area contributed by atoms with Crippen molar-refractivity contribution in [3.05, 3.63) is 59.4 Å². The van der Waals surface area contributed by atoms with Crippen LogP contribution in [0.15, 0.2) is 47.5 Å². The van der Waals surface area contributed by atoms with Crippen molar-refractivity contribution in [2.45, 2.75) is 32.1 Å². The van der Waals surface area contributed by atoms with E-state index in [1.54, 1.807) is 39.1 Å². The summed E-state index contributed by atoms with van der Waals surface area (Å²) < 4.78 is 26.7. The van der Waals surface area contributed by atoms with Gasteiger partial charge in [-0.3, -0.25) is 9.78 Å². The smallest absolute Gasteiger partial charge is 0.251 e. The molecule has 2 rings (SSSR count). The molecule has 2 aromatic rings. The summed E-state index contributed by atoms with van der Waals surface area (Å²) in [4.78, 5) is 16.9. The highest BCUT2D eigenvalue weighted by molar-refractivity contribution is 7.89. The SMILES string of the molecule is CCN(CC)S(=O)(=O)c1ccc(C)c(C(=O)NCCc2ccccn2)c1. The molecule has 1 aromatic carbocycles. The molecule has 0 aliphatic heterocycles. The number of carbonyl (C=O) groups is 1. The summed E-state index contributed by atoms with van der Waals surface area (Å²) in [7, 11) is -3.59. The fourth-order valence-electron chi connectivity index (χ4n) is 2.66. The molecule has 1 N–H and O–H groups in total. The molecule has 140 valence electrons. The number of hydrogen-bond acceptors (Lipinski definition) is 4. The molecule has 26 heavy (non-hydrogen) atoms. The Morgan fingerprint density at radius 1 is 1.15 bits per heavy atom. The van der Waals surface area contributed by atoms with Gasteiger partial charge in [0, 0.05) is 43.5 Å². The molecule has 7 heteroatoms. The van der Waals surface area contributed by atoms with Gasteiger partial charge in [-0.05, 0) is 36.8 Å². The van der Waals surface area contributed by atoms with E-state index in [0.717, 1.165) is 11.3 Å². The van der Waals surface area contributed by atoms with Gasteiger partial charge in [0.1, 0.15) is 0 Å². The highest BCUT2D eigenvalue weighted by Gasteiger charge is 2.23. The van der Waals surface area contributed by atoms with Crippen LogP contribution in [0.25, 0.3) is 0 Å². The lowest BCUT2D eigenvalue weighted by Crippen LogP contribution is -2.31. The van der Waals surface area contributed by atoms with E-state index in [9.17, 15) is 13.2 Å². The maximum absolute atomic E-state index is 12.7. The van der Waals surface area contributed by atoms with E-state index >= 15 is 0 Å². The van der Waals surface area contributed by atoms with Crippen molar-refractivity contribution in [3.8, 4) is 0 Å². The number of nitrogens with zero attached hydrogens (tertiary/aromatic N) is 2. The Bertz CT molecular complexity index is 848. The van der Waals surface area contributed by atoms with E-state index in [-0.39, 0.29) is 10.8 Å². The summed E-state index contributed by atoms with van der Waals surface area (Å²) in [6.45, 7) is 6.58. The standard InChI is InChI=1S/C19H25N3O3S/c1-4-22(5-2)26(24,25)17-10-9-15(3)18(14-17)19(23)21-13-11-16-8-6-7-12-20-16/h6-10,12,14H,4-5,11,13H2,1-3H3,(H,21,23). The quantitative estimate of drug-likeness (QED) is 0.768. The molecule has 6 nitrogen and oxygen atoms in total. The molecule has 0 saturated heterocycles. The van der Waals surface area contributed by atoms with Crippen molar-refractivity contribution in [1.29, 1.82) is 0 Å². The van der Waals surface area contributed by atoms with Crippen LogP contribution in [-0.2, 0) is 16.4 Å². The normalized spacial score (nSPS) is 11.5. The minimum Gasteiger partial charge on any atom is -0.352 e. The molecule has 0 fully saturated rings. The first-order valence-electron chi connectivity index (χ1n) is 8.69. The molecule has 1 heterocycles. The minimum atomic E-state index is -3.59. The number of aryl methyl sites for hydroxylation is 1. The number of benzene rings is 1. The molecule has 0 bridgehead atoms. The molecular weight excluding hydrogens is 350 g/mol. The van der Waals surface area contributed by atoms with Gasteiger partial charge in [0.25, 0.3) is 5.91 Å². The average molecular weight is 375 g/mol. The number of amides is 1. The number of hydrogen-bond donors (Lipinski definition) is 1. The lowest BCUT2D eigenvalue weighted by atomic mass is 10.1. The summed E-state index contributed by atoms with van der Waals surface area (Å²) in [5.74, 6) is -0.282. The summed E-state index contributed by atoms with van der Waals surface area (Å²) in [6.07, 6.45) is 2.33. The number of rotatable bonds is 8. The Balaban J connectivity index is 2.14. The molecule has 0 unspecified atom stereocenters. The number of aromatic nitrogens is 1. The lowest BCUT2D eigenvalue weighted by Gasteiger charge is -2.19. The van der Waals surface area contributed by atoms with Crippen molar-refractivity contribution in [2.24, 2.45) is 0 Å². The Morgan fingerprint density at radius 3 is 2.50 bits per heavy atom. The molecule has 0 spiro atoms. The predicted molar refractivity (Wildman–Crippen MR) is 102 cm³/mol. The van der Waals surface area contributed by atoms with Gasteiger partial charge in [-0.15, -0.1) is 0 Å². The summed E-state index contributed by atoms with van der Waals surface area (Å²) in [6, 6.07) is 10.3.